The summed E-state index contributed by atoms with van der Waals surface area (Å²) < 4.78 is 9.50. The number of carbonyl (C=O) groups is 4. The maximum Gasteiger partial charge on any atom is 0.407 e. The summed E-state index contributed by atoms with van der Waals surface area (Å²) in [7, 11) is 2.69. The van der Waals surface area contributed by atoms with Gasteiger partial charge in [0.25, 0.3) is 0 Å². The number of nitrogens with zero attached hydrogens (tertiary/aromatic N) is 3. The average Bonchev–Trinajstić information content (AvgIpc) is 3.52. The molecule has 6 rings (SSSR count). The Morgan fingerprint density at radius 3 is 2.04 bits per heavy atom. The van der Waals surface area contributed by atoms with E-state index < -0.39 is 12.1 Å². The first-order valence-corrected chi connectivity index (χ1v) is 20.0. The van der Waals surface area contributed by atoms with Gasteiger partial charge in [0.05, 0.1) is 32.6 Å². The number of hydrogen-bond acceptors (Lipinski definition) is 7. The molecule has 1 aromatic heterocycles. The predicted molar refractivity (Wildman–Crippen MR) is 213 cm³/mol. The van der Waals surface area contributed by atoms with Gasteiger partial charge in [-0.3, -0.25) is 14.4 Å². The van der Waals surface area contributed by atoms with E-state index in [-0.39, 0.29) is 54.0 Å². The van der Waals surface area contributed by atoms with Crippen molar-refractivity contribution in [3.63, 3.8) is 0 Å². The lowest BCUT2D eigenvalue weighted by Crippen LogP contribution is -2.52. The van der Waals surface area contributed by atoms with E-state index in [9.17, 15) is 19.2 Å². The quantitative estimate of drug-likeness (QED) is 0.184. The van der Waals surface area contributed by atoms with Crippen molar-refractivity contribution >= 4 is 23.9 Å². The molecule has 3 heterocycles. The van der Waals surface area contributed by atoms with Gasteiger partial charge in [-0.1, -0.05) is 81.8 Å². The molecule has 11 heteroatoms. The first-order valence-electron chi connectivity index (χ1n) is 20.0. The zero-order chi connectivity index (χ0) is 39.8. The third-order valence-corrected chi connectivity index (χ3v) is 11.5. The number of nitrogens with one attached hydrogen (secondary N) is 2. The molecule has 2 N–H and O–H groups in total. The topological polar surface area (TPSA) is 134 Å². The number of hydrogen-bond donors (Lipinski definition) is 2. The van der Waals surface area contributed by atoms with Crippen LogP contribution in [0.2, 0.25) is 0 Å². The van der Waals surface area contributed by atoms with Crippen LogP contribution >= 0.6 is 0 Å². The second-order valence-corrected chi connectivity index (χ2v) is 16.4. The zero-order valence-electron chi connectivity index (χ0n) is 34.0. The monoisotopic (exact) mass is 755 g/mol. The summed E-state index contributed by atoms with van der Waals surface area (Å²) in [6, 6.07) is 16.7. The molecule has 5 atom stereocenters. The molecule has 3 aliphatic rings. The molecule has 298 valence electrons. The summed E-state index contributed by atoms with van der Waals surface area (Å²) in [6.07, 6.45) is 7.69. The van der Waals surface area contributed by atoms with Crippen molar-refractivity contribution in [1.82, 2.24) is 25.1 Å². The third-order valence-electron chi connectivity index (χ3n) is 11.5. The van der Waals surface area contributed by atoms with Crippen LogP contribution < -0.4 is 5.32 Å². The number of alkyl carbamates (subject to hydrolysis) is 1. The smallest absolute Gasteiger partial charge is 0.407 e. The minimum absolute atomic E-state index is 0.00774. The number of aromatic nitrogens is 2. The van der Waals surface area contributed by atoms with Gasteiger partial charge in [0.2, 0.25) is 11.8 Å². The number of amides is 3. The molecule has 0 unspecified atom stereocenters. The highest BCUT2D eigenvalue weighted by Crippen LogP contribution is 2.47. The van der Waals surface area contributed by atoms with Crippen LogP contribution in [0.25, 0.3) is 11.1 Å². The lowest BCUT2D eigenvalue weighted by atomic mass is 9.90. The number of aryl methyl sites for hydroxylation is 2. The number of rotatable bonds is 12. The van der Waals surface area contributed by atoms with Crippen LogP contribution in [0.4, 0.5) is 4.79 Å². The van der Waals surface area contributed by atoms with Gasteiger partial charge in [-0.25, -0.2) is 9.78 Å². The maximum absolute atomic E-state index is 13.3. The summed E-state index contributed by atoms with van der Waals surface area (Å²) in [6.45, 7) is 13.4. The normalized spacial score (nSPS) is 20.5. The van der Waals surface area contributed by atoms with Crippen LogP contribution in [0.3, 0.4) is 0 Å². The Balaban J connectivity index is 0.000000214. The molecule has 3 aromatic rings. The number of H-pyrrole nitrogens is 1. The van der Waals surface area contributed by atoms with E-state index in [2.05, 4.69) is 70.7 Å². The third kappa shape index (κ3) is 10.8. The van der Waals surface area contributed by atoms with Crippen LogP contribution in [0.15, 0.2) is 54.7 Å². The van der Waals surface area contributed by atoms with E-state index in [1.54, 1.807) is 0 Å². The largest absolute Gasteiger partial charge is 0.469 e. The van der Waals surface area contributed by atoms with Gasteiger partial charge in [-0.05, 0) is 92.7 Å². The van der Waals surface area contributed by atoms with Crippen LogP contribution in [-0.4, -0.2) is 83.0 Å². The van der Waals surface area contributed by atoms with Gasteiger partial charge in [0.15, 0.2) is 0 Å². The zero-order valence-corrected chi connectivity index (χ0v) is 34.0. The predicted octanol–water partition coefficient (Wildman–Crippen LogP) is 7.43. The molecule has 1 saturated carbocycles. The molecule has 0 bridgehead atoms. The Hall–Kier alpha value is -4.67. The molecular weight excluding hydrogens is 695 g/mol. The molecule has 0 radical (unpaired) electrons. The van der Waals surface area contributed by atoms with Crippen molar-refractivity contribution in [1.29, 1.82) is 0 Å². The van der Waals surface area contributed by atoms with Crippen LogP contribution in [0, 0.1) is 43.4 Å². The van der Waals surface area contributed by atoms with E-state index in [1.807, 2.05) is 50.6 Å². The SMILES string of the molecule is COC(=O)C[C@H](C(=O)N1C[C@@H](C2CC2)C[C@H]1c1ncc(C)[nH]1)C(C)C.COC(=O)N[C@H](C(=O)N1CCC[C@H]1Cc1ccc(-c2ccc(C)cc2)cc1)C(C)C. The molecular formula is C44H61N5O6. The first kappa shape index (κ1) is 41.5. The first-order chi connectivity index (χ1) is 26.3. The molecule has 3 fully saturated rings. The molecule has 1 aliphatic carbocycles. The highest BCUT2D eigenvalue weighted by Gasteiger charge is 2.46. The molecule has 2 aliphatic heterocycles. The lowest BCUT2D eigenvalue weighted by molar-refractivity contribution is -0.148. The highest BCUT2D eigenvalue weighted by atomic mass is 16.5. The minimum atomic E-state index is -0.568. The van der Waals surface area contributed by atoms with Crippen molar-refractivity contribution in [3.8, 4) is 11.1 Å². The highest BCUT2D eigenvalue weighted by molar-refractivity contribution is 5.86. The van der Waals surface area contributed by atoms with Crippen molar-refractivity contribution < 1.29 is 28.7 Å². The number of benzene rings is 2. The van der Waals surface area contributed by atoms with Gasteiger partial charge < -0.3 is 29.6 Å². The van der Waals surface area contributed by atoms with Gasteiger partial charge in [0.1, 0.15) is 11.9 Å². The fourth-order valence-corrected chi connectivity index (χ4v) is 8.03. The lowest BCUT2D eigenvalue weighted by Gasteiger charge is -2.31. The van der Waals surface area contributed by atoms with Crippen molar-refractivity contribution in [2.24, 2.45) is 29.6 Å². The second-order valence-electron chi connectivity index (χ2n) is 16.4. The van der Waals surface area contributed by atoms with Gasteiger partial charge in [0, 0.05) is 31.0 Å². The molecule has 55 heavy (non-hydrogen) atoms. The summed E-state index contributed by atoms with van der Waals surface area (Å²) in [5, 5.41) is 2.70. The van der Waals surface area contributed by atoms with Crippen LogP contribution in [0.1, 0.15) is 94.9 Å². The van der Waals surface area contributed by atoms with E-state index in [1.165, 1.54) is 49.3 Å². The summed E-state index contributed by atoms with van der Waals surface area (Å²) in [5.41, 5.74) is 5.88. The molecule has 2 saturated heterocycles. The Bertz CT molecular complexity index is 1750. The number of esters is 1. The molecule has 0 spiro atoms. The van der Waals surface area contributed by atoms with E-state index in [0.717, 1.165) is 56.2 Å². The number of likely N-dealkylation sites (tertiary alicyclic amines) is 2. The van der Waals surface area contributed by atoms with Gasteiger partial charge in [-0.2, -0.15) is 0 Å². The van der Waals surface area contributed by atoms with E-state index in [4.69, 9.17) is 9.47 Å². The van der Waals surface area contributed by atoms with Crippen LogP contribution in [-0.2, 0) is 30.3 Å². The summed E-state index contributed by atoms with van der Waals surface area (Å²) >= 11 is 0. The van der Waals surface area contributed by atoms with Crippen molar-refractivity contribution in [3.05, 3.63) is 77.4 Å². The fraction of sp³-hybridized carbons (Fsp3) is 0.568. The molecule has 3 amide bonds. The maximum atomic E-state index is 13.3. The Morgan fingerprint density at radius 1 is 0.836 bits per heavy atom. The number of imidazole rings is 1. The fourth-order valence-electron chi connectivity index (χ4n) is 8.03. The number of ether oxygens (including phenoxy) is 2. The van der Waals surface area contributed by atoms with Crippen LogP contribution in [0.5, 0.6) is 0 Å². The number of aromatic amines is 1. The standard InChI is InChI=1S/C25H32N2O3.C19H29N3O3/c1-17(2)23(26-25(29)30-4)24(28)27-15-5-6-22(27)16-19-9-13-21(14-10-19)20-11-7-18(3)8-12-20;1-11(2)15(8-17(23)25-4)19(24)22-10-14(13-5-6-13)7-16(22)18-20-9-12(3)21-18/h7-14,17,22-23H,5-6,15-16H2,1-4H3,(H,26,29);9,11,13-16H,5-8,10H2,1-4H3,(H,20,21)/t22-,23-;14-,15-,16-/m00/s1. The van der Waals surface area contributed by atoms with E-state index >= 15 is 0 Å². The van der Waals surface area contributed by atoms with Gasteiger partial charge >= 0.3 is 12.1 Å². The van der Waals surface area contributed by atoms with Crippen molar-refractivity contribution in [2.75, 3.05) is 27.3 Å². The van der Waals surface area contributed by atoms with E-state index in [0.29, 0.717) is 5.92 Å². The summed E-state index contributed by atoms with van der Waals surface area (Å²) in [5.74, 6) is 1.61. The Kier molecular flexibility index (Phi) is 14.2. The molecule has 2 aromatic carbocycles. The molecule has 11 nitrogen and oxygen atoms in total. The average molecular weight is 756 g/mol. The number of methoxy groups -OCH3 is 2. The minimum Gasteiger partial charge on any atom is -0.469 e. The number of carbonyl (C=O) groups excluding carboxylic acids is 4. The van der Waals surface area contributed by atoms with Gasteiger partial charge in [-0.15, -0.1) is 0 Å². The van der Waals surface area contributed by atoms with Crippen molar-refractivity contribution in [2.45, 2.75) is 105 Å². The Morgan fingerprint density at radius 2 is 1.49 bits per heavy atom. The Labute approximate surface area is 326 Å². The second kappa shape index (κ2) is 18.8. The summed E-state index contributed by atoms with van der Waals surface area (Å²) in [4.78, 5) is 61.6.